The van der Waals surface area contributed by atoms with E-state index in [0.717, 1.165) is 5.75 Å². The minimum absolute atomic E-state index is 0.0207. The number of thioether (sulfide) groups is 1. The normalized spacial score (nSPS) is 16.2. The molecular weight excluding hydrogens is 284 g/mol. The van der Waals surface area contributed by atoms with E-state index in [1.54, 1.807) is 12.0 Å². The first-order chi connectivity index (χ1) is 9.54. The zero-order valence-electron chi connectivity index (χ0n) is 11.5. The van der Waals surface area contributed by atoms with Crippen LogP contribution < -0.4 is 5.32 Å². The Kier molecular flexibility index (Phi) is 7.38. The number of carbonyl (C=O) groups excluding carboxylic acids is 2. The van der Waals surface area contributed by atoms with Gasteiger partial charge in [-0.3, -0.25) is 9.59 Å². The smallest absolute Gasteiger partial charge is 0.326 e. The molecule has 0 aromatic carbocycles. The first-order valence-electron chi connectivity index (χ1n) is 6.47. The van der Waals surface area contributed by atoms with Crippen molar-refractivity contribution in [2.24, 2.45) is 0 Å². The number of carbonyl (C=O) groups is 3. The zero-order chi connectivity index (χ0) is 15.0. The van der Waals surface area contributed by atoms with Gasteiger partial charge in [-0.15, -0.1) is 0 Å². The highest BCUT2D eigenvalue weighted by atomic mass is 32.2. The topological polar surface area (TPSA) is 95.9 Å². The molecule has 1 saturated heterocycles. The van der Waals surface area contributed by atoms with Crippen molar-refractivity contribution in [2.75, 3.05) is 32.6 Å². The van der Waals surface area contributed by atoms with E-state index < -0.39 is 12.0 Å². The van der Waals surface area contributed by atoms with Crippen molar-refractivity contribution >= 4 is 28.9 Å². The molecule has 1 unspecified atom stereocenters. The van der Waals surface area contributed by atoms with Crippen molar-refractivity contribution in [3.8, 4) is 0 Å². The minimum Gasteiger partial charge on any atom is -0.480 e. The Bertz CT molecular complexity index is 364. The average molecular weight is 304 g/mol. The lowest BCUT2D eigenvalue weighted by atomic mass is 10.1. The standard InChI is InChI=1S/C12H20N2O5S/c1-19-7-2-3-9(11(16)17)13-10(15)4-5-14-6-8-20-12(14)18/h9H,2-8H2,1H3,(H,13,15)(H,16,17). The third-order valence-electron chi connectivity index (χ3n) is 2.93. The molecule has 0 aromatic heterocycles. The van der Waals surface area contributed by atoms with Crippen molar-refractivity contribution in [3.63, 3.8) is 0 Å². The molecule has 1 heterocycles. The molecule has 0 aliphatic carbocycles. The van der Waals surface area contributed by atoms with Crippen LogP contribution in [0, 0.1) is 0 Å². The van der Waals surface area contributed by atoms with Gasteiger partial charge in [-0.2, -0.15) is 0 Å². The van der Waals surface area contributed by atoms with Crippen LogP contribution in [-0.4, -0.2) is 65.7 Å². The van der Waals surface area contributed by atoms with Crippen molar-refractivity contribution in [3.05, 3.63) is 0 Å². The Labute approximate surface area is 122 Å². The first-order valence-corrected chi connectivity index (χ1v) is 7.46. The molecule has 1 aliphatic rings. The number of rotatable bonds is 9. The molecule has 2 N–H and O–H groups in total. The fraction of sp³-hybridized carbons (Fsp3) is 0.750. The number of nitrogens with zero attached hydrogens (tertiary/aromatic N) is 1. The molecule has 7 nitrogen and oxygen atoms in total. The summed E-state index contributed by atoms with van der Waals surface area (Å²) in [7, 11) is 1.54. The minimum atomic E-state index is -1.05. The first kappa shape index (κ1) is 16.8. The van der Waals surface area contributed by atoms with Crippen LogP contribution in [0.2, 0.25) is 0 Å². The molecule has 2 amide bonds. The van der Waals surface area contributed by atoms with Crippen molar-refractivity contribution in [1.29, 1.82) is 0 Å². The molecule has 0 radical (unpaired) electrons. The van der Waals surface area contributed by atoms with Crippen LogP contribution in [-0.2, 0) is 14.3 Å². The SMILES string of the molecule is COCCCC(NC(=O)CCN1CCSC1=O)C(=O)O. The van der Waals surface area contributed by atoms with Gasteiger partial charge in [0.25, 0.3) is 5.24 Å². The highest BCUT2D eigenvalue weighted by Crippen LogP contribution is 2.17. The maximum atomic E-state index is 11.7. The lowest BCUT2D eigenvalue weighted by Crippen LogP contribution is -2.42. The quantitative estimate of drug-likeness (QED) is 0.604. The van der Waals surface area contributed by atoms with Gasteiger partial charge in [-0.1, -0.05) is 11.8 Å². The Morgan fingerprint density at radius 1 is 1.55 bits per heavy atom. The van der Waals surface area contributed by atoms with Gasteiger partial charge in [0.15, 0.2) is 0 Å². The number of aliphatic carboxylic acids is 1. The predicted molar refractivity (Wildman–Crippen MR) is 74.7 cm³/mol. The van der Waals surface area contributed by atoms with Gasteiger partial charge in [-0.05, 0) is 12.8 Å². The highest BCUT2D eigenvalue weighted by molar-refractivity contribution is 8.13. The van der Waals surface area contributed by atoms with E-state index in [1.165, 1.54) is 11.8 Å². The third-order valence-corrected chi connectivity index (χ3v) is 3.82. The van der Waals surface area contributed by atoms with E-state index in [2.05, 4.69) is 5.32 Å². The average Bonchev–Trinajstić information content (AvgIpc) is 2.81. The van der Waals surface area contributed by atoms with E-state index in [0.29, 0.717) is 32.5 Å². The van der Waals surface area contributed by atoms with Crippen LogP contribution >= 0.6 is 11.8 Å². The van der Waals surface area contributed by atoms with Gasteiger partial charge in [0, 0.05) is 39.0 Å². The van der Waals surface area contributed by atoms with E-state index in [1.807, 2.05) is 0 Å². The zero-order valence-corrected chi connectivity index (χ0v) is 12.3. The van der Waals surface area contributed by atoms with E-state index in [4.69, 9.17) is 9.84 Å². The third kappa shape index (κ3) is 5.79. The molecule has 8 heteroatoms. The number of hydrogen-bond donors (Lipinski definition) is 2. The summed E-state index contributed by atoms with van der Waals surface area (Å²) in [5.74, 6) is -0.656. The number of carboxylic acids is 1. The summed E-state index contributed by atoms with van der Waals surface area (Å²) in [6.07, 6.45) is 1.02. The predicted octanol–water partition coefficient (Wildman–Crippen LogP) is 0.541. The number of hydrogen-bond acceptors (Lipinski definition) is 5. The summed E-state index contributed by atoms with van der Waals surface area (Å²) in [5, 5.41) is 11.5. The number of carboxylic acid groups (broad SMARTS) is 1. The summed E-state index contributed by atoms with van der Waals surface area (Å²) in [4.78, 5) is 35.7. The monoisotopic (exact) mass is 304 g/mol. The summed E-state index contributed by atoms with van der Waals surface area (Å²) in [6.45, 7) is 1.44. The summed E-state index contributed by atoms with van der Waals surface area (Å²) >= 11 is 1.24. The second kappa shape index (κ2) is 8.80. The summed E-state index contributed by atoms with van der Waals surface area (Å²) in [5.41, 5.74) is 0. The molecule has 0 spiro atoms. The lowest BCUT2D eigenvalue weighted by Gasteiger charge is -2.17. The van der Waals surface area contributed by atoms with Gasteiger partial charge in [0.2, 0.25) is 5.91 Å². The van der Waals surface area contributed by atoms with Crippen LogP contribution in [0.5, 0.6) is 0 Å². The second-order valence-corrected chi connectivity index (χ2v) is 5.49. The van der Waals surface area contributed by atoms with Gasteiger partial charge >= 0.3 is 5.97 Å². The van der Waals surface area contributed by atoms with Crippen molar-refractivity contribution in [1.82, 2.24) is 10.2 Å². The Hall–Kier alpha value is -1.28. The maximum Gasteiger partial charge on any atom is 0.326 e. The molecule has 1 fully saturated rings. The lowest BCUT2D eigenvalue weighted by molar-refractivity contribution is -0.142. The van der Waals surface area contributed by atoms with E-state index >= 15 is 0 Å². The largest absolute Gasteiger partial charge is 0.480 e. The maximum absolute atomic E-state index is 11.7. The fourth-order valence-electron chi connectivity index (χ4n) is 1.82. The van der Waals surface area contributed by atoms with Crippen LogP contribution in [0.15, 0.2) is 0 Å². The molecule has 1 atom stereocenters. The molecule has 0 bridgehead atoms. The van der Waals surface area contributed by atoms with Crippen LogP contribution in [0.4, 0.5) is 4.79 Å². The molecule has 1 rings (SSSR count). The Morgan fingerprint density at radius 3 is 2.85 bits per heavy atom. The van der Waals surface area contributed by atoms with Crippen LogP contribution in [0.1, 0.15) is 19.3 Å². The van der Waals surface area contributed by atoms with Crippen LogP contribution in [0.3, 0.4) is 0 Å². The van der Waals surface area contributed by atoms with Gasteiger partial charge in [0.05, 0.1) is 0 Å². The molecule has 20 heavy (non-hydrogen) atoms. The molecule has 0 saturated carbocycles. The van der Waals surface area contributed by atoms with Gasteiger partial charge in [0.1, 0.15) is 6.04 Å². The number of methoxy groups -OCH3 is 1. The van der Waals surface area contributed by atoms with Crippen molar-refractivity contribution in [2.45, 2.75) is 25.3 Å². The van der Waals surface area contributed by atoms with Crippen molar-refractivity contribution < 1.29 is 24.2 Å². The Morgan fingerprint density at radius 2 is 2.30 bits per heavy atom. The van der Waals surface area contributed by atoms with Crippen LogP contribution in [0.25, 0.3) is 0 Å². The highest BCUT2D eigenvalue weighted by Gasteiger charge is 2.23. The second-order valence-electron chi connectivity index (χ2n) is 4.44. The molecule has 114 valence electrons. The molecule has 1 aliphatic heterocycles. The number of amides is 2. The van der Waals surface area contributed by atoms with E-state index in [9.17, 15) is 14.4 Å². The Balaban J connectivity index is 2.30. The summed E-state index contributed by atoms with van der Waals surface area (Å²) in [6, 6.07) is -0.902. The number of ether oxygens (including phenoxy) is 1. The molecular formula is C12H20N2O5S. The van der Waals surface area contributed by atoms with Gasteiger partial charge < -0.3 is 20.1 Å². The van der Waals surface area contributed by atoms with Gasteiger partial charge in [-0.25, -0.2) is 4.79 Å². The number of nitrogens with one attached hydrogen (secondary N) is 1. The fourth-order valence-corrected chi connectivity index (χ4v) is 2.67. The van der Waals surface area contributed by atoms with E-state index in [-0.39, 0.29) is 17.6 Å². The summed E-state index contributed by atoms with van der Waals surface area (Å²) < 4.78 is 4.85. The molecule has 0 aromatic rings.